The van der Waals surface area contributed by atoms with Crippen molar-refractivity contribution in [2.24, 2.45) is 0 Å². The summed E-state index contributed by atoms with van der Waals surface area (Å²) in [7, 11) is -1.46. The van der Waals surface area contributed by atoms with Gasteiger partial charge in [-0.2, -0.15) is 0 Å². The number of nitrogens with zero attached hydrogens (tertiary/aromatic N) is 2. The van der Waals surface area contributed by atoms with E-state index in [9.17, 15) is 18.0 Å². The van der Waals surface area contributed by atoms with Crippen molar-refractivity contribution < 1.29 is 32.2 Å². The van der Waals surface area contributed by atoms with Crippen LogP contribution in [0.5, 0.6) is 17.2 Å². The summed E-state index contributed by atoms with van der Waals surface area (Å²) >= 11 is 0. The number of methoxy groups -OCH3 is 2. The second-order valence-corrected chi connectivity index (χ2v) is 14.4. The molecule has 1 saturated carbocycles. The molecule has 10 nitrogen and oxygen atoms in total. The summed E-state index contributed by atoms with van der Waals surface area (Å²) in [5.74, 6) is 0.359. The predicted octanol–water partition coefficient (Wildman–Crippen LogP) is 6.39. The van der Waals surface area contributed by atoms with Gasteiger partial charge < -0.3 is 24.4 Å². The Morgan fingerprint density at radius 3 is 2.04 bits per heavy atom. The van der Waals surface area contributed by atoms with Crippen LogP contribution in [0.4, 0.5) is 5.69 Å². The van der Waals surface area contributed by atoms with Gasteiger partial charge >= 0.3 is 0 Å². The zero-order valence-electron chi connectivity index (χ0n) is 29.5. The quantitative estimate of drug-likeness (QED) is 0.143. The van der Waals surface area contributed by atoms with Crippen molar-refractivity contribution in [1.29, 1.82) is 0 Å². The van der Waals surface area contributed by atoms with E-state index >= 15 is 0 Å². The van der Waals surface area contributed by atoms with Crippen molar-refractivity contribution in [2.75, 3.05) is 31.7 Å². The van der Waals surface area contributed by atoms with Crippen LogP contribution in [-0.4, -0.2) is 64.6 Å². The highest BCUT2D eigenvalue weighted by Gasteiger charge is 2.35. The van der Waals surface area contributed by atoms with Gasteiger partial charge in [-0.15, -0.1) is 0 Å². The van der Waals surface area contributed by atoms with Gasteiger partial charge in [0.25, 0.3) is 10.0 Å². The van der Waals surface area contributed by atoms with Gasteiger partial charge in [-0.05, 0) is 67.3 Å². The average Bonchev–Trinajstić information content (AvgIpc) is 3.16. The molecule has 0 heterocycles. The van der Waals surface area contributed by atoms with Crippen LogP contribution >= 0.6 is 0 Å². The fraction of sp³-hybridized carbons (Fsp3) is 0.350. The molecular weight excluding hydrogens is 667 g/mol. The second-order valence-electron chi connectivity index (χ2n) is 12.5. The number of ether oxygens (including phenoxy) is 3. The van der Waals surface area contributed by atoms with Crippen LogP contribution in [0.25, 0.3) is 0 Å². The number of hydrogen-bond donors (Lipinski definition) is 1. The smallest absolute Gasteiger partial charge is 0.264 e. The first-order valence-electron chi connectivity index (χ1n) is 17.4. The van der Waals surface area contributed by atoms with Crippen molar-refractivity contribution in [3.63, 3.8) is 0 Å². The van der Waals surface area contributed by atoms with Gasteiger partial charge in [-0.3, -0.25) is 13.9 Å². The van der Waals surface area contributed by atoms with Crippen molar-refractivity contribution in [1.82, 2.24) is 10.2 Å². The number of benzene rings is 4. The van der Waals surface area contributed by atoms with Crippen LogP contribution in [0.3, 0.4) is 0 Å². The maximum absolute atomic E-state index is 14.8. The third-order valence-corrected chi connectivity index (χ3v) is 10.8. The van der Waals surface area contributed by atoms with E-state index in [4.69, 9.17) is 14.2 Å². The molecule has 4 aromatic carbocycles. The molecule has 1 aliphatic carbocycles. The molecule has 0 radical (unpaired) electrons. The van der Waals surface area contributed by atoms with Gasteiger partial charge in [0.1, 0.15) is 18.3 Å². The van der Waals surface area contributed by atoms with Crippen molar-refractivity contribution >= 4 is 27.5 Å². The van der Waals surface area contributed by atoms with Crippen LogP contribution in [0.2, 0.25) is 0 Å². The fourth-order valence-corrected chi connectivity index (χ4v) is 7.82. The minimum absolute atomic E-state index is 0.0176. The summed E-state index contributed by atoms with van der Waals surface area (Å²) in [6, 6.07) is 28.9. The van der Waals surface area contributed by atoms with Gasteiger partial charge in [0.05, 0.1) is 31.4 Å². The highest BCUT2D eigenvalue weighted by atomic mass is 32.2. The minimum Gasteiger partial charge on any atom is -0.494 e. The van der Waals surface area contributed by atoms with Gasteiger partial charge in [-0.1, -0.05) is 79.9 Å². The first-order valence-corrected chi connectivity index (χ1v) is 18.8. The number of rotatable bonds is 16. The SMILES string of the molecule is CCOc1ccc(N(CC(=O)N(Cc2ccccc2)C(Cc2ccccc2)C(=O)NC2CCCCC2)S(=O)(=O)c2ccc(OC)c(OC)c2)cc1. The Labute approximate surface area is 301 Å². The molecule has 1 fully saturated rings. The fourth-order valence-electron chi connectivity index (χ4n) is 6.39. The Kier molecular flexibility index (Phi) is 13.0. The number of hydrogen-bond acceptors (Lipinski definition) is 7. The molecule has 4 aromatic rings. The topological polar surface area (TPSA) is 114 Å². The van der Waals surface area contributed by atoms with E-state index in [1.807, 2.05) is 67.6 Å². The molecule has 1 atom stereocenters. The molecule has 2 amide bonds. The summed E-state index contributed by atoms with van der Waals surface area (Å²) < 4.78 is 46.5. The van der Waals surface area contributed by atoms with Crippen LogP contribution in [0.1, 0.15) is 50.2 Å². The van der Waals surface area contributed by atoms with Crippen LogP contribution in [0, 0.1) is 0 Å². The molecule has 11 heteroatoms. The molecular formula is C40H47N3O7S. The van der Waals surface area contributed by atoms with Crippen molar-refractivity contribution in [3.8, 4) is 17.2 Å². The summed E-state index contributed by atoms with van der Waals surface area (Å²) in [5.41, 5.74) is 1.95. The Bertz CT molecular complexity index is 1830. The molecule has 0 bridgehead atoms. The summed E-state index contributed by atoms with van der Waals surface area (Å²) in [4.78, 5) is 30.5. The lowest BCUT2D eigenvalue weighted by molar-refractivity contribution is -0.140. The predicted molar refractivity (Wildman–Crippen MR) is 198 cm³/mol. The lowest BCUT2D eigenvalue weighted by Gasteiger charge is -2.35. The molecule has 1 aliphatic rings. The number of amides is 2. The van der Waals surface area contributed by atoms with Gasteiger partial charge in [0, 0.05) is 25.1 Å². The van der Waals surface area contributed by atoms with Crippen LogP contribution in [0.15, 0.2) is 108 Å². The first kappa shape index (κ1) is 37.2. The molecule has 1 N–H and O–H groups in total. The third-order valence-electron chi connectivity index (χ3n) is 9.08. The Hall–Kier alpha value is -5.03. The lowest BCUT2D eigenvalue weighted by Crippen LogP contribution is -2.55. The van der Waals surface area contributed by atoms with E-state index < -0.39 is 28.5 Å². The van der Waals surface area contributed by atoms with E-state index in [1.54, 1.807) is 24.3 Å². The lowest BCUT2D eigenvalue weighted by atomic mass is 9.94. The molecule has 0 aromatic heterocycles. The van der Waals surface area contributed by atoms with Gasteiger partial charge in [-0.25, -0.2) is 8.42 Å². The largest absolute Gasteiger partial charge is 0.494 e. The highest BCUT2D eigenvalue weighted by Crippen LogP contribution is 2.33. The standard InChI is InChI=1S/C40H47N3O7S/c1-4-50-34-22-20-33(21-23-34)43(51(46,47)35-24-25-37(48-2)38(27-35)49-3)29-39(44)42(28-31-16-10-6-11-17-31)36(26-30-14-8-5-9-15-30)40(45)41-32-18-12-7-13-19-32/h5-6,8-11,14-17,20-25,27,32,36H,4,7,12-13,18-19,26,28-29H2,1-3H3,(H,41,45). The number of sulfonamides is 1. The first-order chi connectivity index (χ1) is 24.7. The van der Waals surface area contributed by atoms with Gasteiger partial charge in [0.15, 0.2) is 11.5 Å². The zero-order chi connectivity index (χ0) is 36.2. The maximum atomic E-state index is 14.8. The third kappa shape index (κ3) is 9.61. The Morgan fingerprint density at radius 2 is 1.43 bits per heavy atom. The molecule has 0 spiro atoms. The van der Waals surface area contributed by atoms with E-state index in [2.05, 4.69) is 5.32 Å². The van der Waals surface area contributed by atoms with Crippen molar-refractivity contribution in [3.05, 3.63) is 114 Å². The molecule has 1 unspecified atom stereocenters. The Morgan fingerprint density at radius 1 is 0.804 bits per heavy atom. The van der Waals surface area contributed by atoms with Crippen LogP contribution in [-0.2, 0) is 32.6 Å². The maximum Gasteiger partial charge on any atom is 0.264 e. The molecule has 5 rings (SSSR count). The highest BCUT2D eigenvalue weighted by molar-refractivity contribution is 7.92. The normalized spacial score (nSPS) is 13.9. The van der Waals surface area contributed by atoms with Crippen LogP contribution < -0.4 is 23.8 Å². The number of carbonyl (C=O) groups is 2. The average molecular weight is 714 g/mol. The number of carbonyl (C=O) groups excluding carboxylic acids is 2. The molecule has 51 heavy (non-hydrogen) atoms. The second kappa shape index (κ2) is 17.8. The summed E-state index contributed by atoms with van der Waals surface area (Å²) in [6.45, 7) is 1.83. The van der Waals surface area contributed by atoms with Crippen molar-refractivity contribution in [2.45, 2.75) is 69.0 Å². The summed E-state index contributed by atoms with van der Waals surface area (Å²) in [5, 5.41) is 3.24. The molecule has 270 valence electrons. The number of anilines is 1. The molecule has 0 saturated heterocycles. The monoisotopic (exact) mass is 713 g/mol. The summed E-state index contributed by atoms with van der Waals surface area (Å²) in [6.07, 6.45) is 5.22. The van der Waals surface area contributed by atoms with Gasteiger partial charge in [0.2, 0.25) is 11.8 Å². The van der Waals surface area contributed by atoms with E-state index in [1.165, 1.54) is 37.3 Å². The van der Waals surface area contributed by atoms with E-state index in [0.717, 1.165) is 47.5 Å². The Balaban J connectivity index is 1.57. The minimum atomic E-state index is -4.36. The number of nitrogens with one attached hydrogen (secondary N) is 1. The van der Waals surface area contributed by atoms with E-state index in [0.29, 0.717) is 18.1 Å². The van der Waals surface area contributed by atoms with E-state index in [-0.39, 0.29) is 41.2 Å². The zero-order valence-corrected chi connectivity index (χ0v) is 30.3. The molecule has 0 aliphatic heterocycles.